The Balaban J connectivity index is 2.98. The third kappa shape index (κ3) is 25.4. The van der Waals surface area contributed by atoms with Crippen LogP contribution in [0.25, 0.3) is 0 Å². The van der Waals surface area contributed by atoms with E-state index in [0.717, 1.165) is 32.4 Å². The van der Waals surface area contributed by atoms with E-state index in [1.165, 1.54) is 96.3 Å². The number of hydrogen-bond acceptors (Lipinski definition) is 3. The summed E-state index contributed by atoms with van der Waals surface area (Å²) in [5.74, 6) is -0.659. The van der Waals surface area contributed by atoms with Crippen molar-refractivity contribution in [1.82, 2.24) is 5.32 Å². The van der Waals surface area contributed by atoms with Crippen molar-refractivity contribution in [1.29, 1.82) is 0 Å². The van der Waals surface area contributed by atoms with E-state index in [1.807, 2.05) is 0 Å². The summed E-state index contributed by atoms with van der Waals surface area (Å²) in [6.07, 6.45) is 23.5. The molecule has 0 aromatic rings. The molecule has 0 rings (SSSR count). The zero-order valence-corrected chi connectivity index (χ0v) is 17.9. The molecule has 0 saturated carbocycles. The predicted octanol–water partition coefficient (Wildman–Crippen LogP) is 6.06. The van der Waals surface area contributed by atoms with Gasteiger partial charge in [-0.1, -0.05) is 96.3 Å². The Kier molecular flexibility index (Phi) is 22.9. The van der Waals surface area contributed by atoms with Gasteiger partial charge in [-0.3, -0.25) is 4.79 Å². The molecule has 0 aliphatic heterocycles. The van der Waals surface area contributed by atoms with Gasteiger partial charge < -0.3 is 15.5 Å². The number of aliphatic hydroxyl groups excluding tert-OH is 1. The van der Waals surface area contributed by atoms with E-state index < -0.39 is 5.97 Å². The second-order valence-corrected chi connectivity index (χ2v) is 7.98. The summed E-state index contributed by atoms with van der Waals surface area (Å²) in [4.78, 5) is 10.4. The first-order chi connectivity index (χ1) is 13.3. The smallest absolute Gasteiger partial charge is 0.303 e. The van der Waals surface area contributed by atoms with Gasteiger partial charge in [-0.2, -0.15) is 0 Å². The number of nitrogens with one attached hydrogen (secondary N) is 1. The Morgan fingerprint density at radius 3 is 1.22 bits per heavy atom. The first-order valence-corrected chi connectivity index (χ1v) is 11.8. The van der Waals surface area contributed by atoms with Gasteiger partial charge in [0.1, 0.15) is 0 Å². The van der Waals surface area contributed by atoms with E-state index >= 15 is 0 Å². The van der Waals surface area contributed by atoms with Gasteiger partial charge in [-0.05, 0) is 32.4 Å². The van der Waals surface area contributed by atoms with Crippen LogP contribution in [-0.4, -0.2) is 35.9 Å². The normalized spacial score (nSPS) is 11.1. The summed E-state index contributed by atoms with van der Waals surface area (Å²) in [6.45, 7) is 2.35. The summed E-state index contributed by atoms with van der Waals surface area (Å²) in [5, 5.41) is 20.6. The van der Waals surface area contributed by atoms with Crippen molar-refractivity contribution >= 4 is 5.97 Å². The minimum Gasteiger partial charge on any atom is -0.481 e. The summed E-state index contributed by atoms with van der Waals surface area (Å²) >= 11 is 0. The molecule has 0 bridgehead atoms. The van der Waals surface area contributed by atoms with E-state index in [2.05, 4.69) is 5.32 Å². The molecule has 0 heterocycles. The van der Waals surface area contributed by atoms with Crippen LogP contribution in [0.1, 0.15) is 122 Å². The first kappa shape index (κ1) is 26.4. The lowest BCUT2D eigenvalue weighted by molar-refractivity contribution is -0.137. The highest BCUT2D eigenvalue weighted by molar-refractivity contribution is 5.66. The van der Waals surface area contributed by atoms with Crippen LogP contribution in [0.15, 0.2) is 0 Å². The fourth-order valence-electron chi connectivity index (χ4n) is 3.51. The topological polar surface area (TPSA) is 69.6 Å². The molecule has 0 aromatic heterocycles. The summed E-state index contributed by atoms with van der Waals surface area (Å²) in [5.41, 5.74) is 0. The number of carboxylic acids is 1. The minimum atomic E-state index is -0.659. The monoisotopic (exact) mass is 385 g/mol. The summed E-state index contributed by atoms with van der Waals surface area (Å²) in [7, 11) is 0. The van der Waals surface area contributed by atoms with E-state index in [0.29, 0.717) is 13.0 Å². The van der Waals surface area contributed by atoms with Crippen LogP contribution in [0, 0.1) is 0 Å². The van der Waals surface area contributed by atoms with Crippen molar-refractivity contribution in [3.8, 4) is 0 Å². The van der Waals surface area contributed by atoms with Crippen LogP contribution in [0.2, 0.25) is 0 Å². The molecular weight excluding hydrogens is 338 g/mol. The van der Waals surface area contributed by atoms with Gasteiger partial charge in [-0.15, -0.1) is 0 Å². The Labute approximate surface area is 168 Å². The molecule has 0 radical (unpaired) electrons. The van der Waals surface area contributed by atoms with Crippen LogP contribution < -0.4 is 5.32 Å². The average molecular weight is 386 g/mol. The lowest BCUT2D eigenvalue weighted by atomic mass is 10.0. The number of carboxylic acid groups (broad SMARTS) is 1. The SMILES string of the molecule is O=C(O)CCCCCCCCCCCCCCCCCCCNCCCO. The molecule has 162 valence electrons. The third-order valence-electron chi connectivity index (χ3n) is 5.26. The molecule has 0 aliphatic carbocycles. The van der Waals surface area contributed by atoms with Crippen molar-refractivity contribution in [3.63, 3.8) is 0 Å². The molecule has 27 heavy (non-hydrogen) atoms. The molecule has 0 aromatic carbocycles. The zero-order valence-electron chi connectivity index (χ0n) is 17.9. The highest BCUT2D eigenvalue weighted by Crippen LogP contribution is 2.14. The predicted molar refractivity (Wildman–Crippen MR) is 115 cm³/mol. The van der Waals surface area contributed by atoms with Crippen LogP contribution in [0.4, 0.5) is 0 Å². The van der Waals surface area contributed by atoms with Crippen molar-refractivity contribution in [2.75, 3.05) is 19.7 Å². The Morgan fingerprint density at radius 1 is 0.519 bits per heavy atom. The maximum absolute atomic E-state index is 10.4. The Bertz CT molecular complexity index is 297. The molecule has 0 amide bonds. The molecule has 4 nitrogen and oxygen atoms in total. The number of hydrogen-bond donors (Lipinski definition) is 3. The van der Waals surface area contributed by atoms with Crippen LogP contribution in [-0.2, 0) is 4.79 Å². The van der Waals surface area contributed by atoms with Crippen molar-refractivity contribution in [2.24, 2.45) is 0 Å². The second kappa shape index (κ2) is 23.4. The van der Waals surface area contributed by atoms with E-state index in [4.69, 9.17) is 10.2 Å². The van der Waals surface area contributed by atoms with E-state index in [9.17, 15) is 4.79 Å². The van der Waals surface area contributed by atoms with E-state index in [1.54, 1.807) is 0 Å². The third-order valence-corrected chi connectivity index (χ3v) is 5.26. The fourth-order valence-corrected chi connectivity index (χ4v) is 3.51. The average Bonchev–Trinajstić information content (AvgIpc) is 2.65. The number of unbranched alkanes of at least 4 members (excludes halogenated alkanes) is 16. The lowest BCUT2D eigenvalue weighted by Crippen LogP contribution is -2.17. The molecule has 0 spiro atoms. The number of carbonyl (C=O) groups is 1. The molecule has 3 N–H and O–H groups in total. The van der Waals surface area contributed by atoms with Crippen LogP contribution in [0.5, 0.6) is 0 Å². The molecule has 0 aliphatic rings. The Hall–Kier alpha value is -0.610. The van der Waals surface area contributed by atoms with Gasteiger partial charge in [-0.25, -0.2) is 0 Å². The highest BCUT2D eigenvalue weighted by Gasteiger charge is 1.97. The second-order valence-electron chi connectivity index (χ2n) is 7.98. The molecule has 0 saturated heterocycles. The highest BCUT2D eigenvalue weighted by atomic mass is 16.4. The minimum absolute atomic E-state index is 0.296. The molecule has 0 unspecified atom stereocenters. The van der Waals surface area contributed by atoms with Gasteiger partial charge >= 0.3 is 5.97 Å². The largest absolute Gasteiger partial charge is 0.481 e. The van der Waals surface area contributed by atoms with E-state index in [-0.39, 0.29) is 0 Å². The zero-order chi connectivity index (χ0) is 19.8. The summed E-state index contributed by atoms with van der Waals surface area (Å²) in [6, 6.07) is 0. The van der Waals surface area contributed by atoms with Gasteiger partial charge in [0.25, 0.3) is 0 Å². The fraction of sp³-hybridized carbons (Fsp3) is 0.957. The maximum atomic E-state index is 10.4. The van der Waals surface area contributed by atoms with Crippen LogP contribution in [0.3, 0.4) is 0 Å². The van der Waals surface area contributed by atoms with Gasteiger partial charge in [0.05, 0.1) is 0 Å². The summed E-state index contributed by atoms with van der Waals surface area (Å²) < 4.78 is 0. The van der Waals surface area contributed by atoms with Gasteiger partial charge in [0, 0.05) is 13.0 Å². The number of aliphatic carboxylic acids is 1. The van der Waals surface area contributed by atoms with Crippen molar-refractivity contribution in [3.05, 3.63) is 0 Å². The lowest BCUT2D eigenvalue weighted by Gasteiger charge is -2.04. The Morgan fingerprint density at radius 2 is 0.852 bits per heavy atom. The number of rotatable bonds is 23. The number of aliphatic hydroxyl groups is 1. The van der Waals surface area contributed by atoms with Crippen molar-refractivity contribution in [2.45, 2.75) is 122 Å². The molecule has 0 fully saturated rings. The van der Waals surface area contributed by atoms with Crippen molar-refractivity contribution < 1.29 is 15.0 Å². The van der Waals surface area contributed by atoms with Crippen LogP contribution >= 0.6 is 0 Å². The van der Waals surface area contributed by atoms with Gasteiger partial charge in [0.15, 0.2) is 0 Å². The maximum Gasteiger partial charge on any atom is 0.303 e. The standard InChI is InChI=1S/C23H47NO3/c25-22-18-21-24-20-17-15-13-11-9-7-5-3-1-2-4-6-8-10-12-14-16-19-23(26)27/h24-25H,1-22H2,(H,26,27). The molecule has 4 heteroatoms. The van der Waals surface area contributed by atoms with Gasteiger partial charge in [0.2, 0.25) is 0 Å². The molecule has 0 atom stereocenters. The quantitative estimate of drug-likeness (QED) is 0.187. The first-order valence-electron chi connectivity index (χ1n) is 11.8. The molecular formula is C23H47NO3.